The highest BCUT2D eigenvalue weighted by Crippen LogP contribution is 2.31. The number of carboxylic acid groups (broad SMARTS) is 1. The second-order valence-corrected chi connectivity index (χ2v) is 5.30. The van der Waals surface area contributed by atoms with E-state index >= 15 is 0 Å². The fourth-order valence-electron chi connectivity index (χ4n) is 2.35. The van der Waals surface area contributed by atoms with Crippen molar-refractivity contribution in [1.29, 1.82) is 5.26 Å². The zero-order chi connectivity index (χ0) is 15.5. The van der Waals surface area contributed by atoms with E-state index in [-0.39, 0.29) is 6.54 Å². The minimum Gasteiger partial charge on any atom is -0.481 e. The molecule has 1 aromatic heterocycles. The number of aryl methyl sites for hydroxylation is 1. The number of carboxylic acids is 1. The number of ether oxygens (including phenoxy) is 1. The first-order valence-electron chi connectivity index (χ1n) is 6.79. The maximum atomic E-state index is 11.6. The molecule has 0 amide bonds. The molecule has 2 heterocycles. The Morgan fingerprint density at radius 1 is 1.43 bits per heavy atom. The number of hydrogen-bond donors (Lipinski definition) is 2. The van der Waals surface area contributed by atoms with Crippen LogP contribution in [0.25, 0.3) is 0 Å². The summed E-state index contributed by atoms with van der Waals surface area (Å²) in [6.45, 7) is 4.65. The van der Waals surface area contributed by atoms with E-state index in [1.54, 1.807) is 13.8 Å². The van der Waals surface area contributed by atoms with Gasteiger partial charge in [-0.05, 0) is 32.3 Å². The minimum atomic E-state index is -0.883. The van der Waals surface area contributed by atoms with Crippen molar-refractivity contribution in [1.82, 2.24) is 10.2 Å². The Balaban J connectivity index is 2.21. The number of nitrogens with zero attached hydrogens (tertiary/aromatic N) is 3. The molecule has 0 aliphatic carbocycles. The van der Waals surface area contributed by atoms with E-state index in [0.717, 1.165) is 5.56 Å². The van der Waals surface area contributed by atoms with Crippen molar-refractivity contribution < 1.29 is 14.6 Å². The SMILES string of the molecule is Cc1nnc(NCC2(C(=O)O)CCOCC2)c(C#N)c1C. The van der Waals surface area contributed by atoms with Gasteiger partial charge in [-0.15, -0.1) is 5.10 Å². The van der Waals surface area contributed by atoms with Gasteiger partial charge in [0, 0.05) is 19.8 Å². The number of hydrogen-bond acceptors (Lipinski definition) is 6. The van der Waals surface area contributed by atoms with Gasteiger partial charge in [0.2, 0.25) is 0 Å². The fraction of sp³-hybridized carbons (Fsp3) is 0.571. The zero-order valence-corrected chi connectivity index (χ0v) is 12.1. The first-order valence-corrected chi connectivity index (χ1v) is 6.79. The van der Waals surface area contributed by atoms with Gasteiger partial charge in [-0.3, -0.25) is 4.79 Å². The van der Waals surface area contributed by atoms with Gasteiger partial charge in [-0.25, -0.2) is 0 Å². The lowest BCUT2D eigenvalue weighted by Gasteiger charge is -2.33. The summed E-state index contributed by atoms with van der Waals surface area (Å²) < 4.78 is 5.24. The van der Waals surface area contributed by atoms with E-state index in [4.69, 9.17) is 4.74 Å². The summed E-state index contributed by atoms with van der Waals surface area (Å²) in [6, 6.07) is 2.10. The van der Waals surface area contributed by atoms with Crippen LogP contribution in [0.5, 0.6) is 0 Å². The van der Waals surface area contributed by atoms with Crippen molar-refractivity contribution in [2.75, 3.05) is 25.1 Å². The van der Waals surface area contributed by atoms with Gasteiger partial charge < -0.3 is 15.2 Å². The van der Waals surface area contributed by atoms with Crippen LogP contribution in [0.2, 0.25) is 0 Å². The molecule has 0 aromatic carbocycles. The Bertz CT molecular complexity index is 589. The average molecular weight is 290 g/mol. The lowest BCUT2D eigenvalue weighted by Crippen LogP contribution is -2.43. The van der Waals surface area contributed by atoms with E-state index < -0.39 is 11.4 Å². The van der Waals surface area contributed by atoms with E-state index in [1.807, 2.05) is 0 Å². The van der Waals surface area contributed by atoms with Crippen LogP contribution in [0.15, 0.2) is 0 Å². The predicted molar refractivity (Wildman–Crippen MR) is 74.8 cm³/mol. The molecule has 2 rings (SSSR count). The summed E-state index contributed by atoms with van der Waals surface area (Å²) in [5.41, 5.74) is 0.975. The lowest BCUT2D eigenvalue weighted by atomic mass is 9.80. The Hall–Kier alpha value is -2.20. The monoisotopic (exact) mass is 290 g/mol. The molecule has 1 saturated heterocycles. The van der Waals surface area contributed by atoms with Gasteiger partial charge in [0.25, 0.3) is 0 Å². The van der Waals surface area contributed by atoms with Gasteiger partial charge >= 0.3 is 5.97 Å². The summed E-state index contributed by atoms with van der Waals surface area (Å²) >= 11 is 0. The highest BCUT2D eigenvalue weighted by Gasteiger charge is 2.40. The number of rotatable bonds is 4. The molecule has 1 aromatic rings. The molecule has 0 bridgehead atoms. The normalized spacial score (nSPS) is 17.0. The summed E-state index contributed by atoms with van der Waals surface area (Å²) in [5.74, 6) is -0.513. The number of nitrogens with one attached hydrogen (secondary N) is 1. The average Bonchev–Trinajstić information content (AvgIpc) is 2.49. The molecule has 1 aliphatic heterocycles. The van der Waals surface area contributed by atoms with Gasteiger partial charge in [0.15, 0.2) is 5.82 Å². The van der Waals surface area contributed by atoms with Crippen molar-refractivity contribution in [2.45, 2.75) is 26.7 Å². The molecule has 7 nitrogen and oxygen atoms in total. The van der Waals surface area contributed by atoms with Crippen LogP contribution in [0.3, 0.4) is 0 Å². The van der Waals surface area contributed by atoms with Crippen molar-refractivity contribution in [2.24, 2.45) is 5.41 Å². The molecule has 7 heteroatoms. The molecule has 1 fully saturated rings. The van der Waals surface area contributed by atoms with E-state index in [1.165, 1.54) is 0 Å². The van der Waals surface area contributed by atoms with Crippen LogP contribution in [0, 0.1) is 30.6 Å². The van der Waals surface area contributed by atoms with E-state index in [9.17, 15) is 15.2 Å². The topological polar surface area (TPSA) is 108 Å². The predicted octanol–water partition coefficient (Wildman–Crippen LogP) is 1.26. The summed E-state index contributed by atoms with van der Waals surface area (Å²) in [6.07, 6.45) is 0.880. The summed E-state index contributed by atoms with van der Waals surface area (Å²) in [7, 11) is 0. The Labute approximate surface area is 122 Å². The maximum absolute atomic E-state index is 11.6. The number of aliphatic carboxylic acids is 1. The quantitative estimate of drug-likeness (QED) is 0.859. The summed E-state index contributed by atoms with van der Waals surface area (Å²) in [4.78, 5) is 11.6. The third-order valence-electron chi connectivity index (χ3n) is 4.06. The van der Waals surface area contributed by atoms with Gasteiger partial charge in [0.1, 0.15) is 11.6 Å². The van der Waals surface area contributed by atoms with E-state index in [2.05, 4.69) is 21.6 Å². The third-order valence-corrected chi connectivity index (χ3v) is 4.06. The van der Waals surface area contributed by atoms with Crippen LogP contribution in [-0.4, -0.2) is 41.0 Å². The standard InChI is InChI=1S/C14H18N4O3/c1-9-10(2)17-18-12(11(9)7-15)16-8-14(13(19)20)3-5-21-6-4-14/h3-6,8H2,1-2H3,(H,16,18)(H,19,20). The van der Waals surface area contributed by atoms with Crippen molar-refractivity contribution in [3.8, 4) is 6.07 Å². The van der Waals surface area contributed by atoms with Crippen molar-refractivity contribution in [3.63, 3.8) is 0 Å². The Morgan fingerprint density at radius 3 is 2.67 bits per heavy atom. The number of nitriles is 1. The molecular weight excluding hydrogens is 272 g/mol. The van der Waals surface area contributed by atoms with Crippen LogP contribution in [0.1, 0.15) is 29.7 Å². The van der Waals surface area contributed by atoms with Crippen LogP contribution >= 0.6 is 0 Å². The zero-order valence-electron chi connectivity index (χ0n) is 12.1. The number of anilines is 1. The van der Waals surface area contributed by atoms with Gasteiger partial charge in [-0.1, -0.05) is 0 Å². The molecule has 0 atom stereocenters. The summed E-state index contributed by atoms with van der Waals surface area (Å²) in [5, 5.41) is 29.7. The van der Waals surface area contributed by atoms with Crippen molar-refractivity contribution >= 4 is 11.8 Å². The highest BCUT2D eigenvalue weighted by molar-refractivity contribution is 5.75. The Kier molecular flexibility index (Phi) is 4.38. The molecule has 0 spiro atoms. The molecule has 0 unspecified atom stereocenters. The van der Waals surface area contributed by atoms with Crippen molar-refractivity contribution in [3.05, 3.63) is 16.8 Å². The first-order chi connectivity index (χ1) is 10.00. The van der Waals surface area contributed by atoms with Crippen LogP contribution < -0.4 is 5.32 Å². The second-order valence-electron chi connectivity index (χ2n) is 5.30. The molecular formula is C14H18N4O3. The highest BCUT2D eigenvalue weighted by atomic mass is 16.5. The smallest absolute Gasteiger partial charge is 0.311 e. The molecule has 2 N–H and O–H groups in total. The molecule has 1 aliphatic rings. The molecule has 0 saturated carbocycles. The van der Waals surface area contributed by atoms with Gasteiger partial charge in [0.05, 0.1) is 11.1 Å². The number of carbonyl (C=O) groups is 1. The number of aromatic nitrogens is 2. The molecule has 0 radical (unpaired) electrons. The second kappa shape index (κ2) is 6.06. The molecule has 21 heavy (non-hydrogen) atoms. The van der Waals surface area contributed by atoms with Gasteiger partial charge in [-0.2, -0.15) is 10.4 Å². The maximum Gasteiger partial charge on any atom is 0.311 e. The lowest BCUT2D eigenvalue weighted by molar-refractivity contribution is -0.153. The largest absolute Gasteiger partial charge is 0.481 e. The van der Waals surface area contributed by atoms with Crippen LogP contribution in [0.4, 0.5) is 5.82 Å². The minimum absolute atomic E-state index is 0.206. The molecule has 112 valence electrons. The fourth-order valence-corrected chi connectivity index (χ4v) is 2.35. The van der Waals surface area contributed by atoms with Crippen LogP contribution in [-0.2, 0) is 9.53 Å². The third kappa shape index (κ3) is 2.95. The van der Waals surface area contributed by atoms with E-state index in [0.29, 0.717) is 43.1 Å². The first kappa shape index (κ1) is 15.2. The Morgan fingerprint density at radius 2 is 2.10 bits per heavy atom.